The first-order valence-electron chi connectivity index (χ1n) is 6.58. The first-order valence-corrected chi connectivity index (χ1v) is 6.58. The number of pyridine rings is 1. The fourth-order valence-corrected chi connectivity index (χ4v) is 2.36. The SMILES string of the molecule is COc1ccc(Cc2ncc3c(CN)cccn23)cc1. The Hall–Kier alpha value is -2.33. The Morgan fingerprint density at radius 1 is 1.20 bits per heavy atom. The molecule has 0 atom stereocenters. The lowest BCUT2D eigenvalue weighted by Crippen LogP contribution is -2.01. The van der Waals surface area contributed by atoms with Crippen molar-refractivity contribution < 1.29 is 4.74 Å². The molecule has 0 aliphatic heterocycles. The number of benzene rings is 1. The van der Waals surface area contributed by atoms with E-state index in [4.69, 9.17) is 10.5 Å². The van der Waals surface area contributed by atoms with Gasteiger partial charge in [0.2, 0.25) is 0 Å². The molecule has 4 nitrogen and oxygen atoms in total. The number of nitrogens with two attached hydrogens (primary N) is 1. The van der Waals surface area contributed by atoms with Gasteiger partial charge in [-0.15, -0.1) is 0 Å². The van der Waals surface area contributed by atoms with E-state index in [0.717, 1.165) is 29.1 Å². The number of hydrogen-bond acceptors (Lipinski definition) is 3. The van der Waals surface area contributed by atoms with Gasteiger partial charge in [0.15, 0.2) is 0 Å². The Kier molecular flexibility index (Phi) is 3.39. The molecule has 2 heterocycles. The van der Waals surface area contributed by atoms with Crippen molar-refractivity contribution in [2.45, 2.75) is 13.0 Å². The van der Waals surface area contributed by atoms with Crippen LogP contribution in [0.15, 0.2) is 48.8 Å². The average molecular weight is 267 g/mol. The van der Waals surface area contributed by atoms with Crippen LogP contribution >= 0.6 is 0 Å². The molecule has 0 saturated carbocycles. The number of aromatic nitrogens is 2. The molecule has 0 aliphatic rings. The van der Waals surface area contributed by atoms with E-state index in [-0.39, 0.29) is 0 Å². The summed E-state index contributed by atoms with van der Waals surface area (Å²) < 4.78 is 7.27. The molecule has 0 radical (unpaired) electrons. The maximum Gasteiger partial charge on any atom is 0.118 e. The van der Waals surface area contributed by atoms with Crippen molar-refractivity contribution in [1.82, 2.24) is 9.38 Å². The van der Waals surface area contributed by atoms with Gasteiger partial charge in [-0.05, 0) is 29.3 Å². The lowest BCUT2D eigenvalue weighted by atomic mass is 10.1. The molecule has 0 fully saturated rings. The van der Waals surface area contributed by atoms with Crippen molar-refractivity contribution in [1.29, 1.82) is 0 Å². The van der Waals surface area contributed by atoms with E-state index in [1.54, 1.807) is 7.11 Å². The molecule has 0 amide bonds. The molecule has 0 saturated heterocycles. The topological polar surface area (TPSA) is 52.5 Å². The highest BCUT2D eigenvalue weighted by Crippen LogP contribution is 2.17. The molecule has 4 heteroatoms. The molecule has 1 aromatic carbocycles. The Labute approximate surface area is 117 Å². The van der Waals surface area contributed by atoms with Crippen molar-refractivity contribution >= 4 is 5.52 Å². The van der Waals surface area contributed by atoms with E-state index in [0.29, 0.717) is 6.54 Å². The third-order valence-electron chi connectivity index (χ3n) is 3.48. The van der Waals surface area contributed by atoms with E-state index in [1.807, 2.05) is 36.7 Å². The van der Waals surface area contributed by atoms with Crippen molar-refractivity contribution in [3.63, 3.8) is 0 Å². The van der Waals surface area contributed by atoms with Crippen molar-refractivity contribution in [2.75, 3.05) is 7.11 Å². The summed E-state index contributed by atoms with van der Waals surface area (Å²) in [6.07, 6.45) is 4.70. The number of imidazole rings is 1. The fourth-order valence-electron chi connectivity index (χ4n) is 2.36. The van der Waals surface area contributed by atoms with E-state index in [9.17, 15) is 0 Å². The highest BCUT2D eigenvalue weighted by atomic mass is 16.5. The predicted molar refractivity (Wildman–Crippen MR) is 78.9 cm³/mol. The van der Waals surface area contributed by atoms with Crippen molar-refractivity contribution in [3.8, 4) is 5.75 Å². The van der Waals surface area contributed by atoms with Crippen molar-refractivity contribution in [2.24, 2.45) is 5.73 Å². The number of nitrogens with zero attached hydrogens (tertiary/aromatic N) is 2. The molecule has 3 aromatic rings. The number of hydrogen-bond donors (Lipinski definition) is 1. The average Bonchev–Trinajstić information content (AvgIpc) is 2.91. The molecule has 0 unspecified atom stereocenters. The van der Waals surface area contributed by atoms with Gasteiger partial charge in [-0.2, -0.15) is 0 Å². The summed E-state index contributed by atoms with van der Waals surface area (Å²) in [6.45, 7) is 0.526. The van der Waals surface area contributed by atoms with Gasteiger partial charge in [0.05, 0.1) is 18.8 Å². The van der Waals surface area contributed by atoms with Crippen LogP contribution < -0.4 is 10.5 Å². The number of ether oxygens (including phenoxy) is 1. The maximum atomic E-state index is 5.75. The summed E-state index contributed by atoms with van der Waals surface area (Å²) in [6, 6.07) is 12.1. The molecular weight excluding hydrogens is 250 g/mol. The van der Waals surface area contributed by atoms with E-state index >= 15 is 0 Å². The van der Waals surface area contributed by atoms with Crippen LogP contribution in [0.3, 0.4) is 0 Å². The van der Waals surface area contributed by atoms with Crippen LogP contribution in [-0.2, 0) is 13.0 Å². The fraction of sp³-hybridized carbons (Fsp3) is 0.188. The number of methoxy groups -OCH3 is 1. The Bertz CT molecular complexity index is 716. The molecule has 102 valence electrons. The van der Waals surface area contributed by atoms with Gasteiger partial charge in [-0.1, -0.05) is 18.2 Å². The third kappa shape index (κ3) is 2.26. The van der Waals surface area contributed by atoms with Crippen LogP contribution in [0.1, 0.15) is 17.0 Å². The minimum Gasteiger partial charge on any atom is -0.497 e. The first-order chi connectivity index (χ1) is 9.81. The van der Waals surface area contributed by atoms with E-state index < -0.39 is 0 Å². The van der Waals surface area contributed by atoms with Gasteiger partial charge in [0.25, 0.3) is 0 Å². The van der Waals surface area contributed by atoms with E-state index in [1.165, 1.54) is 5.56 Å². The van der Waals surface area contributed by atoms with Gasteiger partial charge < -0.3 is 14.9 Å². The summed E-state index contributed by atoms with van der Waals surface area (Å²) in [7, 11) is 1.67. The Morgan fingerprint density at radius 3 is 2.70 bits per heavy atom. The second-order valence-electron chi connectivity index (χ2n) is 4.69. The second-order valence-corrected chi connectivity index (χ2v) is 4.69. The van der Waals surface area contributed by atoms with Gasteiger partial charge in [-0.3, -0.25) is 0 Å². The largest absolute Gasteiger partial charge is 0.497 e. The first kappa shape index (κ1) is 12.7. The second kappa shape index (κ2) is 5.35. The molecular formula is C16H17N3O. The zero-order valence-corrected chi connectivity index (χ0v) is 11.4. The van der Waals surface area contributed by atoms with Gasteiger partial charge >= 0.3 is 0 Å². The van der Waals surface area contributed by atoms with Crippen LogP contribution in [0.2, 0.25) is 0 Å². The predicted octanol–water partition coefficient (Wildman–Crippen LogP) is 2.39. The minimum absolute atomic E-state index is 0.526. The zero-order valence-electron chi connectivity index (χ0n) is 11.4. The quantitative estimate of drug-likeness (QED) is 0.789. The Balaban J connectivity index is 1.94. The normalized spacial score (nSPS) is 10.9. The highest BCUT2D eigenvalue weighted by molar-refractivity contribution is 5.54. The molecule has 3 rings (SSSR count). The van der Waals surface area contributed by atoms with Gasteiger partial charge in [0, 0.05) is 19.2 Å². The van der Waals surface area contributed by atoms with E-state index in [2.05, 4.69) is 21.5 Å². The molecule has 0 bridgehead atoms. The summed E-state index contributed by atoms with van der Waals surface area (Å²) in [5.74, 6) is 1.88. The molecule has 0 spiro atoms. The van der Waals surface area contributed by atoms with Crippen LogP contribution in [0.4, 0.5) is 0 Å². The van der Waals surface area contributed by atoms with Crippen molar-refractivity contribution in [3.05, 3.63) is 65.7 Å². The smallest absolute Gasteiger partial charge is 0.118 e. The Morgan fingerprint density at radius 2 is 2.00 bits per heavy atom. The molecule has 20 heavy (non-hydrogen) atoms. The lowest BCUT2D eigenvalue weighted by molar-refractivity contribution is 0.414. The number of fused-ring (bicyclic) bond motifs is 1. The van der Waals surface area contributed by atoms with Gasteiger partial charge in [0.1, 0.15) is 11.6 Å². The molecule has 2 aromatic heterocycles. The molecule has 0 aliphatic carbocycles. The van der Waals surface area contributed by atoms with Crippen LogP contribution in [0, 0.1) is 0 Å². The van der Waals surface area contributed by atoms with Crippen LogP contribution in [-0.4, -0.2) is 16.5 Å². The standard InChI is InChI=1S/C16H17N3O/c1-20-14-6-4-12(5-7-14)9-16-18-11-15-13(10-17)3-2-8-19(15)16/h2-8,11H,9-10,17H2,1H3. The molecule has 2 N–H and O–H groups in total. The summed E-state index contributed by atoms with van der Waals surface area (Å²) in [4.78, 5) is 4.52. The monoisotopic (exact) mass is 267 g/mol. The zero-order chi connectivity index (χ0) is 13.9. The van der Waals surface area contributed by atoms with Gasteiger partial charge in [-0.25, -0.2) is 4.98 Å². The summed E-state index contributed by atoms with van der Waals surface area (Å²) in [5.41, 5.74) is 9.15. The van der Waals surface area contributed by atoms with Crippen LogP contribution in [0.25, 0.3) is 5.52 Å². The maximum absolute atomic E-state index is 5.75. The summed E-state index contributed by atoms with van der Waals surface area (Å²) in [5, 5.41) is 0. The lowest BCUT2D eigenvalue weighted by Gasteiger charge is -2.05. The third-order valence-corrected chi connectivity index (χ3v) is 3.48. The summed E-state index contributed by atoms with van der Waals surface area (Å²) >= 11 is 0. The minimum atomic E-state index is 0.526. The van der Waals surface area contributed by atoms with Crippen LogP contribution in [0.5, 0.6) is 5.75 Å². The highest BCUT2D eigenvalue weighted by Gasteiger charge is 2.07. The number of rotatable bonds is 4.